The minimum absolute atomic E-state index is 0.00472. The molecule has 1 saturated carbocycles. The van der Waals surface area contributed by atoms with Gasteiger partial charge in [-0.2, -0.15) is 0 Å². The van der Waals surface area contributed by atoms with Crippen LogP contribution >= 0.6 is 11.3 Å². The first-order chi connectivity index (χ1) is 15.5. The van der Waals surface area contributed by atoms with Crippen LogP contribution in [0.25, 0.3) is 0 Å². The molecule has 1 fully saturated rings. The summed E-state index contributed by atoms with van der Waals surface area (Å²) in [4.78, 5) is 31.3. The third-order valence-corrected chi connectivity index (χ3v) is 7.06. The molecule has 0 radical (unpaired) electrons. The van der Waals surface area contributed by atoms with Crippen molar-refractivity contribution < 1.29 is 19.1 Å². The fourth-order valence-corrected chi connectivity index (χ4v) is 5.18. The van der Waals surface area contributed by atoms with Crippen molar-refractivity contribution in [3.63, 3.8) is 0 Å². The minimum Gasteiger partial charge on any atom is -0.497 e. The van der Waals surface area contributed by atoms with Crippen LogP contribution in [0, 0.1) is 5.92 Å². The van der Waals surface area contributed by atoms with Crippen molar-refractivity contribution in [2.75, 3.05) is 26.8 Å². The molecule has 6 nitrogen and oxygen atoms in total. The summed E-state index contributed by atoms with van der Waals surface area (Å²) in [5, 5.41) is 2.08. The second-order valence-corrected chi connectivity index (χ2v) is 9.99. The van der Waals surface area contributed by atoms with Crippen molar-refractivity contribution in [2.45, 2.75) is 51.6 Å². The quantitative estimate of drug-likeness (QED) is 0.565. The highest BCUT2D eigenvalue weighted by molar-refractivity contribution is 7.10. The molecule has 2 amide bonds. The van der Waals surface area contributed by atoms with Crippen molar-refractivity contribution in [1.82, 2.24) is 9.80 Å². The van der Waals surface area contributed by atoms with Crippen molar-refractivity contribution in [1.29, 1.82) is 0 Å². The van der Waals surface area contributed by atoms with Gasteiger partial charge in [-0.3, -0.25) is 9.59 Å². The van der Waals surface area contributed by atoms with Gasteiger partial charge in [-0.05, 0) is 54.3 Å². The Morgan fingerprint density at radius 3 is 2.72 bits per heavy atom. The third-order valence-electron chi connectivity index (χ3n) is 6.06. The topological polar surface area (TPSA) is 59.1 Å². The number of ether oxygens (including phenoxy) is 2. The van der Waals surface area contributed by atoms with Crippen LogP contribution in [0.4, 0.5) is 0 Å². The van der Waals surface area contributed by atoms with Crippen LogP contribution in [-0.2, 0) is 16.0 Å². The lowest BCUT2D eigenvalue weighted by Gasteiger charge is -2.37. The van der Waals surface area contributed by atoms with E-state index in [4.69, 9.17) is 9.47 Å². The normalized spacial score (nSPS) is 17.8. The fraction of sp³-hybridized carbons (Fsp3) is 0.520. The molecule has 2 aliphatic rings. The van der Waals surface area contributed by atoms with Gasteiger partial charge in [0.1, 0.15) is 24.7 Å². The number of carbonyl (C=O) groups excluding carboxylic acids is 2. The molecule has 1 atom stereocenters. The van der Waals surface area contributed by atoms with Gasteiger partial charge >= 0.3 is 0 Å². The van der Waals surface area contributed by atoms with E-state index < -0.39 is 0 Å². The molecule has 0 spiro atoms. The van der Waals surface area contributed by atoms with Gasteiger partial charge in [0.15, 0.2) is 0 Å². The van der Waals surface area contributed by atoms with E-state index >= 15 is 0 Å². The summed E-state index contributed by atoms with van der Waals surface area (Å²) in [6, 6.07) is 9.67. The van der Waals surface area contributed by atoms with Gasteiger partial charge in [0.2, 0.25) is 11.8 Å². The SMILES string of the molecule is COc1cccc(OC[C@H]2c3ccsc3CCN2C(=O)CN(C(=O)CC(C)C)C2CC2)c1. The molecule has 2 aromatic rings. The van der Waals surface area contributed by atoms with E-state index in [0.717, 1.165) is 30.6 Å². The lowest BCUT2D eigenvalue weighted by Crippen LogP contribution is -2.48. The number of fused-ring (bicyclic) bond motifs is 1. The first-order valence-corrected chi connectivity index (χ1v) is 12.3. The molecule has 32 heavy (non-hydrogen) atoms. The second kappa shape index (κ2) is 9.94. The van der Waals surface area contributed by atoms with Crippen molar-refractivity contribution in [3.8, 4) is 11.5 Å². The van der Waals surface area contributed by atoms with Crippen LogP contribution in [0.2, 0.25) is 0 Å². The molecule has 0 bridgehead atoms. The maximum absolute atomic E-state index is 13.4. The molecule has 1 aliphatic carbocycles. The fourth-order valence-electron chi connectivity index (χ4n) is 4.25. The molecular weight excluding hydrogens is 424 g/mol. The van der Waals surface area contributed by atoms with E-state index in [1.54, 1.807) is 18.4 Å². The Kier molecular flexibility index (Phi) is 7.04. The number of rotatable bonds is 9. The summed E-state index contributed by atoms with van der Waals surface area (Å²) < 4.78 is 11.4. The number of benzene rings is 1. The van der Waals surface area contributed by atoms with Gasteiger partial charge in [0.25, 0.3) is 0 Å². The summed E-state index contributed by atoms with van der Waals surface area (Å²) in [5.41, 5.74) is 1.16. The van der Waals surface area contributed by atoms with E-state index in [0.29, 0.717) is 25.3 Å². The molecule has 0 saturated heterocycles. The summed E-state index contributed by atoms with van der Waals surface area (Å²) >= 11 is 1.73. The van der Waals surface area contributed by atoms with Gasteiger partial charge in [-0.25, -0.2) is 0 Å². The molecular formula is C25H32N2O4S. The van der Waals surface area contributed by atoms with Crippen molar-refractivity contribution in [2.24, 2.45) is 5.92 Å². The van der Waals surface area contributed by atoms with Gasteiger partial charge in [-0.1, -0.05) is 19.9 Å². The average molecular weight is 457 g/mol. The minimum atomic E-state index is -0.162. The summed E-state index contributed by atoms with van der Waals surface area (Å²) in [6.07, 6.45) is 3.32. The Morgan fingerprint density at radius 1 is 1.22 bits per heavy atom. The van der Waals surface area contributed by atoms with Crippen LogP contribution in [0.15, 0.2) is 35.7 Å². The van der Waals surface area contributed by atoms with Crippen molar-refractivity contribution >= 4 is 23.2 Å². The standard InChI is InChI=1S/C25H32N2O4S/c1-17(2)13-24(28)27(18-7-8-18)15-25(29)26-11-9-23-21(10-12-32-23)22(26)16-31-20-6-4-5-19(14-20)30-3/h4-6,10,12,14,17-18,22H,7-9,11,13,15-16H2,1-3H3/t22-/m0/s1. The molecule has 0 unspecified atom stereocenters. The molecule has 172 valence electrons. The van der Waals surface area contributed by atoms with E-state index in [-0.39, 0.29) is 36.4 Å². The molecule has 2 heterocycles. The zero-order valence-corrected chi connectivity index (χ0v) is 19.9. The molecule has 1 aromatic heterocycles. The zero-order valence-electron chi connectivity index (χ0n) is 19.1. The second-order valence-electron chi connectivity index (χ2n) is 8.99. The predicted octanol–water partition coefficient (Wildman–Crippen LogP) is 4.30. The number of amides is 2. The maximum atomic E-state index is 13.4. The summed E-state index contributed by atoms with van der Waals surface area (Å²) in [6.45, 7) is 5.26. The van der Waals surface area contributed by atoms with E-state index in [1.165, 1.54) is 4.88 Å². The maximum Gasteiger partial charge on any atom is 0.242 e. The van der Waals surface area contributed by atoms with Gasteiger partial charge in [0, 0.05) is 30.0 Å². The zero-order chi connectivity index (χ0) is 22.7. The van der Waals surface area contributed by atoms with Crippen LogP contribution in [0.3, 0.4) is 0 Å². The molecule has 4 rings (SSSR count). The molecule has 1 aliphatic heterocycles. The van der Waals surface area contributed by atoms with E-state index in [1.807, 2.05) is 47.9 Å². The Hall–Kier alpha value is -2.54. The lowest BCUT2D eigenvalue weighted by molar-refractivity contribution is -0.143. The highest BCUT2D eigenvalue weighted by Crippen LogP contribution is 2.35. The van der Waals surface area contributed by atoms with E-state index in [2.05, 4.69) is 11.4 Å². The van der Waals surface area contributed by atoms with Crippen LogP contribution in [-0.4, -0.2) is 54.5 Å². The number of thiophene rings is 1. The highest BCUT2D eigenvalue weighted by Gasteiger charge is 2.37. The molecule has 0 N–H and O–H groups in total. The van der Waals surface area contributed by atoms with Gasteiger partial charge in [0.05, 0.1) is 13.2 Å². The Morgan fingerprint density at radius 2 is 2.00 bits per heavy atom. The van der Waals surface area contributed by atoms with E-state index in [9.17, 15) is 9.59 Å². The van der Waals surface area contributed by atoms with Crippen LogP contribution < -0.4 is 9.47 Å². The number of nitrogens with zero attached hydrogens (tertiary/aromatic N) is 2. The summed E-state index contributed by atoms with van der Waals surface area (Å²) in [7, 11) is 1.63. The number of hydrogen-bond acceptors (Lipinski definition) is 5. The van der Waals surface area contributed by atoms with Crippen molar-refractivity contribution in [3.05, 3.63) is 46.2 Å². The largest absolute Gasteiger partial charge is 0.497 e. The van der Waals surface area contributed by atoms with Crippen LogP contribution in [0.5, 0.6) is 11.5 Å². The Balaban J connectivity index is 1.49. The highest BCUT2D eigenvalue weighted by atomic mass is 32.1. The van der Waals surface area contributed by atoms with Gasteiger partial charge in [-0.15, -0.1) is 11.3 Å². The predicted molar refractivity (Wildman–Crippen MR) is 125 cm³/mol. The van der Waals surface area contributed by atoms with Gasteiger partial charge < -0.3 is 19.3 Å². The van der Waals surface area contributed by atoms with Crippen LogP contribution in [0.1, 0.15) is 49.6 Å². The monoisotopic (exact) mass is 456 g/mol. The number of hydrogen-bond donors (Lipinski definition) is 0. The molecule has 1 aromatic carbocycles. The summed E-state index contributed by atoms with van der Waals surface area (Å²) in [5.74, 6) is 1.83. The Labute approximate surface area is 194 Å². The smallest absolute Gasteiger partial charge is 0.242 e. The molecule has 7 heteroatoms. The average Bonchev–Trinajstić information content (AvgIpc) is 3.50. The number of methoxy groups -OCH3 is 1. The Bertz CT molecular complexity index is 953. The first-order valence-electron chi connectivity index (χ1n) is 11.4. The third kappa shape index (κ3) is 5.26. The first kappa shape index (κ1) is 22.6. The lowest BCUT2D eigenvalue weighted by atomic mass is 10.00. The number of carbonyl (C=O) groups is 2.